The van der Waals surface area contributed by atoms with Gasteiger partial charge in [-0.2, -0.15) is 0 Å². The molecule has 4 nitrogen and oxygen atoms in total. The van der Waals surface area contributed by atoms with E-state index in [0.717, 1.165) is 50.8 Å². The molecule has 3 fully saturated rings. The predicted molar refractivity (Wildman–Crippen MR) is 128 cm³/mol. The minimum absolute atomic E-state index is 0.0209. The maximum atomic E-state index is 12.8. The van der Waals surface area contributed by atoms with Gasteiger partial charge in [0.25, 0.3) is 0 Å². The first-order valence-electron chi connectivity index (χ1n) is 12.8. The molecule has 178 valence electrons. The Morgan fingerprint density at radius 2 is 2.06 bits per heavy atom. The Bertz CT molecular complexity index is 828. The summed E-state index contributed by atoms with van der Waals surface area (Å²) in [7, 11) is 1.54. The van der Waals surface area contributed by atoms with E-state index >= 15 is 0 Å². The lowest BCUT2D eigenvalue weighted by atomic mass is 9.46. The number of rotatable bonds is 6. The first kappa shape index (κ1) is 23.6. The number of likely N-dealkylation sites (tertiary alicyclic amines) is 1. The van der Waals surface area contributed by atoms with Gasteiger partial charge in [-0.15, -0.1) is 0 Å². The Labute approximate surface area is 194 Å². The second-order valence-electron chi connectivity index (χ2n) is 11.3. The minimum atomic E-state index is -0.369. The monoisotopic (exact) mass is 441 g/mol. The van der Waals surface area contributed by atoms with E-state index in [-0.39, 0.29) is 16.8 Å². The van der Waals surface area contributed by atoms with Gasteiger partial charge < -0.3 is 9.15 Å². The molecule has 1 aromatic rings. The summed E-state index contributed by atoms with van der Waals surface area (Å²) >= 11 is 0. The summed E-state index contributed by atoms with van der Waals surface area (Å²) in [6.07, 6.45) is 13.2. The van der Waals surface area contributed by atoms with Gasteiger partial charge in [0.15, 0.2) is 0 Å². The average Bonchev–Trinajstić information content (AvgIpc) is 3.21. The number of piperidine rings is 1. The normalized spacial score (nSPS) is 36.0. The predicted octanol–water partition coefficient (Wildman–Crippen LogP) is 6.54. The van der Waals surface area contributed by atoms with Crippen LogP contribution in [-0.2, 0) is 22.5 Å². The van der Waals surface area contributed by atoms with Crippen LogP contribution in [0.3, 0.4) is 0 Å². The fourth-order valence-electron chi connectivity index (χ4n) is 7.57. The second kappa shape index (κ2) is 9.37. The van der Waals surface area contributed by atoms with Crippen molar-refractivity contribution in [1.29, 1.82) is 0 Å². The highest BCUT2D eigenvalue weighted by atomic mass is 16.5. The molecule has 4 heteroatoms. The van der Waals surface area contributed by atoms with E-state index in [9.17, 15) is 4.79 Å². The second-order valence-corrected chi connectivity index (χ2v) is 11.3. The molecule has 4 rings (SSSR count). The van der Waals surface area contributed by atoms with E-state index in [1.165, 1.54) is 43.4 Å². The molecule has 1 saturated heterocycles. The molecule has 3 aliphatic rings. The number of ether oxygens (including phenoxy) is 1. The highest BCUT2D eigenvalue weighted by molar-refractivity contribution is 5.77. The van der Waals surface area contributed by atoms with E-state index < -0.39 is 0 Å². The zero-order valence-corrected chi connectivity index (χ0v) is 20.8. The molecular formula is C28H43NO3. The molecule has 5 atom stereocenters. The largest absolute Gasteiger partial charge is 0.469 e. The first-order valence-corrected chi connectivity index (χ1v) is 12.8. The molecule has 0 radical (unpaired) electrons. The molecular weight excluding hydrogens is 398 g/mol. The zero-order chi connectivity index (χ0) is 22.9. The van der Waals surface area contributed by atoms with Crippen molar-refractivity contribution in [2.24, 2.45) is 22.7 Å². The van der Waals surface area contributed by atoms with Gasteiger partial charge in [0.1, 0.15) is 5.76 Å². The Balaban J connectivity index is 1.49. The van der Waals surface area contributed by atoms with Gasteiger partial charge in [-0.3, -0.25) is 9.69 Å². The summed E-state index contributed by atoms with van der Waals surface area (Å²) < 4.78 is 11.3. The molecule has 2 heterocycles. The van der Waals surface area contributed by atoms with Crippen molar-refractivity contribution in [3.8, 4) is 0 Å². The van der Waals surface area contributed by atoms with Crippen LogP contribution in [0.5, 0.6) is 0 Å². The van der Waals surface area contributed by atoms with Crippen LogP contribution in [0.4, 0.5) is 0 Å². The van der Waals surface area contributed by atoms with Crippen LogP contribution < -0.4 is 0 Å². The zero-order valence-electron chi connectivity index (χ0n) is 20.8. The standard InChI is InChI=1S/C28H43NO3/c1-20-10-13-25-27(3,15-8-16-28(25,4)26(30)31-5)23(20)12-11-22-14-18-32-24(22)19-29-17-7-6-9-21(29)2/h14,18,21,23,25H,1,6-13,15-17,19H2,2-5H3/t21?,23-,25?,27+,28-/m0/s1. The average molecular weight is 442 g/mol. The van der Waals surface area contributed by atoms with Crippen LogP contribution in [-0.4, -0.2) is 30.6 Å². The van der Waals surface area contributed by atoms with Crippen molar-refractivity contribution in [2.45, 2.75) is 97.6 Å². The highest BCUT2D eigenvalue weighted by Gasteiger charge is 2.57. The van der Waals surface area contributed by atoms with E-state index in [0.29, 0.717) is 17.9 Å². The van der Waals surface area contributed by atoms with Gasteiger partial charge >= 0.3 is 5.97 Å². The maximum Gasteiger partial charge on any atom is 0.311 e. The van der Waals surface area contributed by atoms with Crippen LogP contribution in [0, 0.1) is 22.7 Å². The number of hydrogen-bond donors (Lipinski definition) is 0. The Kier molecular flexibility index (Phi) is 6.91. The lowest BCUT2D eigenvalue weighted by Gasteiger charge is -2.57. The van der Waals surface area contributed by atoms with E-state index in [4.69, 9.17) is 9.15 Å². The number of methoxy groups -OCH3 is 1. The van der Waals surface area contributed by atoms with Crippen molar-refractivity contribution >= 4 is 5.97 Å². The van der Waals surface area contributed by atoms with Crippen LogP contribution in [0.15, 0.2) is 28.9 Å². The summed E-state index contributed by atoms with van der Waals surface area (Å²) in [5.74, 6) is 1.93. The third-order valence-corrected chi connectivity index (χ3v) is 9.50. The molecule has 2 aliphatic carbocycles. The number of carbonyl (C=O) groups is 1. The first-order chi connectivity index (χ1) is 15.3. The lowest BCUT2D eigenvalue weighted by Crippen LogP contribution is -2.53. The quantitative estimate of drug-likeness (QED) is 0.371. The third kappa shape index (κ3) is 4.20. The fraction of sp³-hybridized carbons (Fsp3) is 0.750. The van der Waals surface area contributed by atoms with E-state index in [1.807, 2.05) is 6.26 Å². The Hall–Kier alpha value is -1.55. The maximum absolute atomic E-state index is 12.8. The molecule has 32 heavy (non-hydrogen) atoms. The molecule has 1 aliphatic heterocycles. The van der Waals surface area contributed by atoms with Crippen LogP contribution in [0.25, 0.3) is 0 Å². The number of hydrogen-bond acceptors (Lipinski definition) is 4. The van der Waals surface area contributed by atoms with Crippen molar-refractivity contribution in [1.82, 2.24) is 4.90 Å². The van der Waals surface area contributed by atoms with E-state index in [1.54, 1.807) is 7.11 Å². The summed E-state index contributed by atoms with van der Waals surface area (Å²) in [5, 5.41) is 0. The van der Waals surface area contributed by atoms with E-state index in [2.05, 4.69) is 38.3 Å². The highest BCUT2D eigenvalue weighted by Crippen LogP contribution is 2.62. The minimum Gasteiger partial charge on any atom is -0.469 e. The fourth-order valence-corrected chi connectivity index (χ4v) is 7.57. The molecule has 0 bridgehead atoms. The number of aryl methyl sites for hydroxylation is 1. The summed E-state index contributed by atoms with van der Waals surface area (Å²) in [6, 6.07) is 2.81. The summed E-state index contributed by atoms with van der Waals surface area (Å²) in [6.45, 7) is 13.5. The van der Waals surface area contributed by atoms with Gasteiger partial charge in [-0.25, -0.2) is 0 Å². The van der Waals surface area contributed by atoms with Gasteiger partial charge in [-0.05, 0) is 101 Å². The van der Waals surface area contributed by atoms with Crippen LogP contribution in [0.2, 0.25) is 0 Å². The summed E-state index contributed by atoms with van der Waals surface area (Å²) in [4.78, 5) is 15.4. The number of esters is 1. The molecule has 0 aromatic carbocycles. The smallest absolute Gasteiger partial charge is 0.311 e. The van der Waals surface area contributed by atoms with Crippen molar-refractivity contribution in [3.63, 3.8) is 0 Å². The number of nitrogens with zero attached hydrogens (tertiary/aromatic N) is 1. The number of furan rings is 1. The SMILES string of the molecule is C=C1CCC2[C@](C)(CCC[C@]2(C)C(=O)OC)[C@H]1CCc1ccoc1CN1CCCCC1C. The van der Waals surface area contributed by atoms with Gasteiger partial charge in [0.2, 0.25) is 0 Å². The Morgan fingerprint density at radius 3 is 2.81 bits per heavy atom. The van der Waals surface area contributed by atoms with Crippen molar-refractivity contribution in [3.05, 3.63) is 35.8 Å². The molecule has 2 saturated carbocycles. The number of carbonyl (C=O) groups excluding carboxylic acids is 1. The molecule has 0 amide bonds. The third-order valence-electron chi connectivity index (χ3n) is 9.50. The molecule has 1 aromatic heterocycles. The van der Waals surface area contributed by atoms with Gasteiger partial charge in [0, 0.05) is 6.04 Å². The lowest BCUT2D eigenvalue weighted by molar-refractivity contribution is -0.168. The van der Waals surface area contributed by atoms with Crippen LogP contribution >= 0.6 is 0 Å². The number of allylic oxidation sites excluding steroid dienone is 1. The van der Waals surface area contributed by atoms with Crippen molar-refractivity contribution in [2.75, 3.05) is 13.7 Å². The topological polar surface area (TPSA) is 42.7 Å². The number of fused-ring (bicyclic) bond motifs is 1. The summed E-state index contributed by atoms with van der Waals surface area (Å²) in [5.41, 5.74) is 2.48. The Morgan fingerprint density at radius 1 is 1.25 bits per heavy atom. The van der Waals surface area contributed by atoms with Gasteiger partial charge in [-0.1, -0.05) is 31.9 Å². The van der Waals surface area contributed by atoms with Gasteiger partial charge in [0.05, 0.1) is 25.3 Å². The molecule has 2 unspecified atom stereocenters. The molecule has 0 N–H and O–H groups in total. The van der Waals surface area contributed by atoms with Crippen molar-refractivity contribution < 1.29 is 13.9 Å². The van der Waals surface area contributed by atoms with Crippen LogP contribution in [0.1, 0.15) is 89.9 Å². The molecule has 0 spiro atoms.